The minimum absolute atomic E-state index is 0.335. The van der Waals surface area contributed by atoms with Gasteiger partial charge in [0.15, 0.2) is 0 Å². The van der Waals surface area contributed by atoms with Crippen molar-refractivity contribution in [3.8, 4) is 0 Å². The van der Waals surface area contributed by atoms with E-state index in [9.17, 15) is 8.42 Å². The van der Waals surface area contributed by atoms with E-state index in [0.29, 0.717) is 28.5 Å². The second-order valence-corrected chi connectivity index (χ2v) is 7.60. The molecular weight excluding hydrogens is 272 g/mol. The molecule has 1 aromatic carbocycles. The molecule has 4 nitrogen and oxygen atoms in total. The van der Waals surface area contributed by atoms with Crippen LogP contribution in [0.2, 0.25) is 0 Å². The Balaban J connectivity index is 2.17. The van der Waals surface area contributed by atoms with Gasteiger partial charge in [0.25, 0.3) is 0 Å². The van der Waals surface area contributed by atoms with Crippen LogP contribution < -0.4 is 10.0 Å². The average Bonchev–Trinajstić information content (AvgIpc) is 3.18. The van der Waals surface area contributed by atoms with E-state index in [1.54, 1.807) is 19.1 Å². The summed E-state index contributed by atoms with van der Waals surface area (Å²) >= 11 is 0. The molecule has 0 atom stereocenters. The van der Waals surface area contributed by atoms with Crippen molar-refractivity contribution < 1.29 is 8.42 Å². The molecule has 1 aromatic rings. The molecule has 0 aromatic heterocycles. The van der Waals surface area contributed by atoms with Crippen LogP contribution in [0.1, 0.15) is 33.6 Å². The van der Waals surface area contributed by atoms with Crippen LogP contribution in [0.5, 0.6) is 0 Å². The van der Waals surface area contributed by atoms with Crippen LogP contribution in [0.15, 0.2) is 29.2 Å². The van der Waals surface area contributed by atoms with Crippen molar-refractivity contribution in [3.63, 3.8) is 0 Å². The lowest BCUT2D eigenvalue weighted by molar-refractivity contribution is 0.380. The van der Waals surface area contributed by atoms with Crippen LogP contribution in [-0.2, 0) is 10.0 Å². The molecule has 20 heavy (non-hydrogen) atoms. The maximum Gasteiger partial charge on any atom is 0.242 e. The summed E-state index contributed by atoms with van der Waals surface area (Å²) in [6, 6.07) is 7.10. The van der Waals surface area contributed by atoms with Gasteiger partial charge in [0.05, 0.1) is 5.69 Å². The Hall–Kier alpha value is -1.07. The van der Waals surface area contributed by atoms with Gasteiger partial charge in [-0.15, -0.1) is 0 Å². The summed E-state index contributed by atoms with van der Waals surface area (Å²) < 4.78 is 26.9. The number of para-hydroxylation sites is 1. The van der Waals surface area contributed by atoms with Gasteiger partial charge in [-0.1, -0.05) is 32.9 Å². The normalized spacial score (nSPS) is 17.2. The van der Waals surface area contributed by atoms with Gasteiger partial charge in [0.1, 0.15) is 4.90 Å². The molecule has 0 radical (unpaired) electrons. The van der Waals surface area contributed by atoms with E-state index >= 15 is 0 Å². The van der Waals surface area contributed by atoms with Crippen molar-refractivity contribution in [2.75, 3.05) is 18.4 Å². The summed E-state index contributed by atoms with van der Waals surface area (Å²) in [6.45, 7) is 7.48. The molecule has 0 aliphatic heterocycles. The third-order valence-electron chi connectivity index (χ3n) is 4.26. The molecule has 1 saturated carbocycles. The quantitative estimate of drug-likeness (QED) is 0.813. The number of benzene rings is 1. The summed E-state index contributed by atoms with van der Waals surface area (Å²) in [6.07, 6.45) is 2.44. The molecule has 1 aliphatic carbocycles. The molecule has 0 unspecified atom stereocenters. The minimum atomic E-state index is -3.42. The van der Waals surface area contributed by atoms with E-state index in [4.69, 9.17) is 0 Å². The Bertz CT molecular complexity index is 563. The molecule has 2 rings (SSSR count). The first-order valence-corrected chi connectivity index (χ1v) is 8.72. The summed E-state index contributed by atoms with van der Waals surface area (Å²) in [5.74, 6) is 0.618. The fraction of sp³-hybridized carbons (Fsp3) is 0.600. The molecule has 0 heterocycles. The smallest absolute Gasteiger partial charge is 0.242 e. The Labute approximate surface area is 122 Å². The first-order valence-electron chi connectivity index (χ1n) is 7.24. The fourth-order valence-electron chi connectivity index (χ4n) is 2.50. The third-order valence-corrected chi connectivity index (χ3v) is 5.86. The van der Waals surface area contributed by atoms with E-state index < -0.39 is 10.0 Å². The molecule has 0 bridgehead atoms. The second-order valence-electron chi connectivity index (χ2n) is 5.87. The van der Waals surface area contributed by atoms with Gasteiger partial charge in [0, 0.05) is 13.1 Å². The highest BCUT2D eigenvalue weighted by molar-refractivity contribution is 7.89. The Kier molecular flexibility index (Phi) is 4.39. The molecule has 5 heteroatoms. The summed E-state index contributed by atoms with van der Waals surface area (Å²) in [5, 5.41) is 3.34. The number of hydrogen-bond donors (Lipinski definition) is 2. The highest BCUT2D eigenvalue weighted by Gasteiger charge is 2.45. The summed E-state index contributed by atoms with van der Waals surface area (Å²) in [4.78, 5) is 0.335. The SMILES string of the molecule is CCNS(=O)(=O)c1ccccc1NCC1(C(C)C)CC1. The molecule has 0 saturated heterocycles. The van der Waals surface area contributed by atoms with Crippen LogP contribution in [0.4, 0.5) is 5.69 Å². The van der Waals surface area contributed by atoms with Gasteiger partial charge in [-0.3, -0.25) is 0 Å². The highest BCUT2D eigenvalue weighted by atomic mass is 32.2. The molecular formula is C15H24N2O2S. The Morgan fingerprint density at radius 1 is 1.25 bits per heavy atom. The number of hydrogen-bond acceptors (Lipinski definition) is 3. The third kappa shape index (κ3) is 3.15. The van der Waals surface area contributed by atoms with E-state index in [1.165, 1.54) is 12.8 Å². The zero-order valence-electron chi connectivity index (χ0n) is 12.4. The Morgan fingerprint density at radius 2 is 1.90 bits per heavy atom. The molecule has 0 amide bonds. The van der Waals surface area contributed by atoms with Crippen LogP contribution in [0.25, 0.3) is 0 Å². The molecule has 1 aliphatic rings. The maximum atomic E-state index is 12.2. The predicted molar refractivity (Wildman–Crippen MR) is 82.3 cm³/mol. The fourth-order valence-corrected chi connectivity index (χ4v) is 3.73. The van der Waals surface area contributed by atoms with Gasteiger partial charge in [-0.2, -0.15) is 0 Å². The van der Waals surface area contributed by atoms with Gasteiger partial charge in [-0.05, 0) is 36.3 Å². The topological polar surface area (TPSA) is 58.2 Å². The molecule has 2 N–H and O–H groups in total. The van der Waals surface area contributed by atoms with Crippen molar-refractivity contribution in [2.24, 2.45) is 11.3 Å². The van der Waals surface area contributed by atoms with Gasteiger partial charge < -0.3 is 5.32 Å². The lowest BCUT2D eigenvalue weighted by Gasteiger charge is -2.22. The van der Waals surface area contributed by atoms with Crippen molar-refractivity contribution >= 4 is 15.7 Å². The van der Waals surface area contributed by atoms with Crippen molar-refractivity contribution in [1.82, 2.24) is 4.72 Å². The standard InChI is InChI=1S/C15H24N2O2S/c1-4-17-20(18,19)14-8-6-5-7-13(14)16-11-15(9-10-15)12(2)3/h5-8,12,16-17H,4,9-11H2,1-3H3. The van der Waals surface area contributed by atoms with Crippen molar-refractivity contribution in [3.05, 3.63) is 24.3 Å². The maximum absolute atomic E-state index is 12.2. The van der Waals surface area contributed by atoms with Crippen molar-refractivity contribution in [1.29, 1.82) is 0 Å². The van der Waals surface area contributed by atoms with E-state index in [0.717, 1.165) is 6.54 Å². The molecule has 1 fully saturated rings. The summed E-state index contributed by atoms with van der Waals surface area (Å²) in [5.41, 5.74) is 1.04. The predicted octanol–water partition coefficient (Wildman–Crippen LogP) is 2.83. The summed E-state index contributed by atoms with van der Waals surface area (Å²) in [7, 11) is -3.42. The van der Waals surface area contributed by atoms with E-state index in [1.807, 2.05) is 12.1 Å². The highest BCUT2D eigenvalue weighted by Crippen LogP contribution is 2.51. The largest absolute Gasteiger partial charge is 0.383 e. The van der Waals surface area contributed by atoms with E-state index in [-0.39, 0.29) is 0 Å². The van der Waals surface area contributed by atoms with Gasteiger partial charge in [-0.25, -0.2) is 13.1 Å². The lowest BCUT2D eigenvalue weighted by Crippen LogP contribution is -2.26. The lowest BCUT2D eigenvalue weighted by atomic mass is 9.92. The van der Waals surface area contributed by atoms with Crippen LogP contribution in [0, 0.1) is 11.3 Å². The minimum Gasteiger partial charge on any atom is -0.383 e. The van der Waals surface area contributed by atoms with E-state index in [2.05, 4.69) is 23.9 Å². The van der Waals surface area contributed by atoms with Crippen LogP contribution in [0.3, 0.4) is 0 Å². The van der Waals surface area contributed by atoms with Gasteiger partial charge in [0.2, 0.25) is 10.0 Å². The van der Waals surface area contributed by atoms with Crippen molar-refractivity contribution in [2.45, 2.75) is 38.5 Å². The number of nitrogens with one attached hydrogen (secondary N) is 2. The number of sulfonamides is 1. The zero-order valence-corrected chi connectivity index (χ0v) is 13.3. The first kappa shape index (κ1) is 15.3. The van der Waals surface area contributed by atoms with Crippen LogP contribution in [-0.4, -0.2) is 21.5 Å². The average molecular weight is 296 g/mol. The molecule has 112 valence electrons. The van der Waals surface area contributed by atoms with Crippen LogP contribution >= 0.6 is 0 Å². The molecule has 0 spiro atoms. The van der Waals surface area contributed by atoms with Gasteiger partial charge >= 0.3 is 0 Å². The first-order chi connectivity index (χ1) is 9.41. The zero-order chi connectivity index (χ0) is 14.8. The second kappa shape index (κ2) is 5.74. The monoisotopic (exact) mass is 296 g/mol. The number of anilines is 1. The number of rotatable bonds is 7. The Morgan fingerprint density at radius 3 is 2.45 bits per heavy atom.